The maximum atomic E-state index is 9.40. The highest BCUT2D eigenvalue weighted by Crippen LogP contribution is 2.20. The van der Waals surface area contributed by atoms with E-state index in [1.54, 1.807) is 6.20 Å². The largest absolute Gasteiger partial charge is 0.392 e. The first-order valence-corrected chi connectivity index (χ1v) is 6.02. The molecule has 0 atom stereocenters. The van der Waals surface area contributed by atoms with Gasteiger partial charge in [-0.15, -0.1) is 0 Å². The topological polar surface area (TPSA) is 43.0 Å². The van der Waals surface area contributed by atoms with Crippen molar-refractivity contribution in [1.82, 2.24) is 14.1 Å². The number of fused-ring (bicyclic) bond motifs is 1. The number of aliphatic hydroxyl groups is 1. The second-order valence-corrected chi connectivity index (χ2v) is 4.32. The molecule has 18 heavy (non-hydrogen) atoms. The van der Waals surface area contributed by atoms with Crippen molar-refractivity contribution < 1.29 is 5.11 Å². The van der Waals surface area contributed by atoms with E-state index in [1.807, 2.05) is 29.2 Å². The summed E-state index contributed by atoms with van der Waals surface area (Å²) in [4.78, 5) is 4.03. The minimum atomic E-state index is 0.0758. The molecule has 0 amide bonds. The summed E-state index contributed by atoms with van der Waals surface area (Å²) in [6.45, 7) is 1.83. The van der Waals surface area contributed by atoms with Crippen molar-refractivity contribution in [2.75, 3.05) is 0 Å². The van der Waals surface area contributed by atoms with Gasteiger partial charge in [0.2, 0.25) is 0 Å². The number of benzene rings is 1. The van der Waals surface area contributed by atoms with Crippen LogP contribution in [0.1, 0.15) is 5.56 Å². The van der Waals surface area contributed by atoms with Crippen LogP contribution < -0.4 is 0 Å². The Bertz CT molecular complexity index is 640. The Kier molecular flexibility index (Phi) is 2.86. The smallest absolute Gasteiger partial charge is 0.0946 e. The summed E-state index contributed by atoms with van der Waals surface area (Å²) >= 11 is 0. The average molecular weight is 241 g/mol. The number of aromatic nitrogens is 3. The molecule has 0 bridgehead atoms. The molecule has 1 aromatic carbocycles. The fraction of sp³-hybridized carbons (Fsp3) is 0.214. The summed E-state index contributed by atoms with van der Waals surface area (Å²) in [6.07, 6.45) is 7.63. The van der Waals surface area contributed by atoms with Crippen LogP contribution in [0.5, 0.6) is 0 Å². The van der Waals surface area contributed by atoms with E-state index in [0.717, 1.165) is 24.2 Å². The number of hydrogen-bond acceptors (Lipinski definition) is 2. The zero-order valence-corrected chi connectivity index (χ0v) is 10.0. The molecule has 0 fully saturated rings. The van der Waals surface area contributed by atoms with E-state index in [4.69, 9.17) is 0 Å². The molecular weight excluding hydrogens is 226 g/mol. The van der Waals surface area contributed by atoms with Gasteiger partial charge in [0, 0.05) is 37.2 Å². The van der Waals surface area contributed by atoms with E-state index >= 15 is 0 Å². The number of aryl methyl sites for hydroxylation is 2. The molecule has 0 aliphatic heterocycles. The third-order valence-electron chi connectivity index (χ3n) is 3.20. The maximum absolute atomic E-state index is 9.40. The molecule has 0 spiro atoms. The summed E-state index contributed by atoms with van der Waals surface area (Å²) in [5, 5.41) is 10.6. The van der Waals surface area contributed by atoms with Crippen molar-refractivity contribution in [3.8, 4) is 0 Å². The van der Waals surface area contributed by atoms with Crippen molar-refractivity contribution in [3.05, 3.63) is 54.7 Å². The lowest BCUT2D eigenvalue weighted by Gasteiger charge is -2.09. The van der Waals surface area contributed by atoms with Gasteiger partial charge in [-0.1, -0.05) is 18.2 Å². The molecule has 0 aliphatic carbocycles. The van der Waals surface area contributed by atoms with Gasteiger partial charge in [-0.05, 0) is 11.5 Å². The van der Waals surface area contributed by atoms with Gasteiger partial charge in [0.05, 0.1) is 18.5 Å². The predicted molar refractivity (Wildman–Crippen MR) is 70.1 cm³/mol. The summed E-state index contributed by atoms with van der Waals surface area (Å²) < 4.78 is 4.23. The molecule has 3 rings (SSSR count). The molecule has 0 unspecified atom stereocenters. The van der Waals surface area contributed by atoms with E-state index < -0.39 is 0 Å². The van der Waals surface area contributed by atoms with Crippen LogP contribution in [0.4, 0.5) is 0 Å². The molecule has 4 nitrogen and oxygen atoms in total. The van der Waals surface area contributed by atoms with E-state index in [9.17, 15) is 5.11 Å². The fourth-order valence-corrected chi connectivity index (χ4v) is 2.30. The van der Waals surface area contributed by atoms with E-state index in [1.165, 1.54) is 5.39 Å². The Balaban J connectivity index is 1.92. The third-order valence-corrected chi connectivity index (χ3v) is 3.20. The molecule has 0 radical (unpaired) electrons. The summed E-state index contributed by atoms with van der Waals surface area (Å²) in [5.41, 5.74) is 2.10. The standard InChI is InChI=1S/C14H15N3O/c18-10-13-3-1-2-12-4-6-17(14(12)13)9-8-16-7-5-15-11-16/h1-7,11,18H,8-10H2. The molecule has 0 aliphatic rings. The number of para-hydroxylation sites is 1. The van der Waals surface area contributed by atoms with Crippen LogP contribution in [0.2, 0.25) is 0 Å². The highest BCUT2D eigenvalue weighted by atomic mass is 16.3. The van der Waals surface area contributed by atoms with Crippen LogP contribution in [0.3, 0.4) is 0 Å². The maximum Gasteiger partial charge on any atom is 0.0946 e. The number of imidazole rings is 1. The predicted octanol–water partition coefficient (Wildman–Crippen LogP) is 2.03. The Hall–Kier alpha value is -2.07. The van der Waals surface area contributed by atoms with Gasteiger partial charge in [-0.3, -0.25) is 0 Å². The molecule has 3 aromatic rings. The quantitative estimate of drug-likeness (QED) is 0.759. The van der Waals surface area contributed by atoms with E-state index in [0.29, 0.717) is 0 Å². The van der Waals surface area contributed by atoms with Gasteiger partial charge < -0.3 is 14.2 Å². The lowest BCUT2D eigenvalue weighted by molar-refractivity contribution is 0.283. The van der Waals surface area contributed by atoms with Crippen LogP contribution in [-0.4, -0.2) is 19.2 Å². The zero-order chi connectivity index (χ0) is 12.4. The second kappa shape index (κ2) is 4.66. The van der Waals surface area contributed by atoms with Crippen LogP contribution >= 0.6 is 0 Å². The van der Waals surface area contributed by atoms with Crippen LogP contribution in [0, 0.1) is 0 Å². The number of rotatable bonds is 4. The first-order chi connectivity index (χ1) is 8.88. The monoisotopic (exact) mass is 241 g/mol. The minimum Gasteiger partial charge on any atom is -0.392 e. The van der Waals surface area contributed by atoms with Gasteiger partial charge >= 0.3 is 0 Å². The Morgan fingerprint density at radius 2 is 2.06 bits per heavy atom. The van der Waals surface area contributed by atoms with Crippen LogP contribution in [0.25, 0.3) is 10.9 Å². The fourth-order valence-electron chi connectivity index (χ4n) is 2.30. The summed E-state index contributed by atoms with van der Waals surface area (Å²) in [5.74, 6) is 0. The normalized spacial score (nSPS) is 11.2. The SMILES string of the molecule is OCc1cccc2ccn(CCn3ccnc3)c12. The third kappa shape index (κ3) is 1.91. The van der Waals surface area contributed by atoms with Crippen molar-refractivity contribution >= 4 is 10.9 Å². The number of aliphatic hydroxyl groups excluding tert-OH is 1. The minimum absolute atomic E-state index is 0.0758. The van der Waals surface area contributed by atoms with Gasteiger partial charge in [-0.2, -0.15) is 0 Å². The second-order valence-electron chi connectivity index (χ2n) is 4.32. The van der Waals surface area contributed by atoms with Gasteiger partial charge in [-0.25, -0.2) is 4.98 Å². The number of hydrogen-bond donors (Lipinski definition) is 1. The zero-order valence-electron chi connectivity index (χ0n) is 10.0. The molecule has 0 saturated carbocycles. The van der Waals surface area contributed by atoms with Gasteiger partial charge in [0.1, 0.15) is 0 Å². The van der Waals surface area contributed by atoms with Crippen molar-refractivity contribution in [1.29, 1.82) is 0 Å². The highest BCUT2D eigenvalue weighted by Gasteiger charge is 2.05. The molecule has 0 saturated heterocycles. The van der Waals surface area contributed by atoms with Crippen molar-refractivity contribution in [3.63, 3.8) is 0 Å². The summed E-state index contributed by atoms with van der Waals surface area (Å²) in [7, 11) is 0. The average Bonchev–Trinajstić information content (AvgIpc) is 3.05. The first kappa shape index (κ1) is 11.0. The van der Waals surface area contributed by atoms with E-state index in [2.05, 4.69) is 27.9 Å². The lowest BCUT2D eigenvalue weighted by atomic mass is 10.1. The Labute approximate surface area is 105 Å². The molecular formula is C14H15N3O. The molecule has 2 heterocycles. The molecule has 4 heteroatoms. The first-order valence-electron chi connectivity index (χ1n) is 6.02. The van der Waals surface area contributed by atoms with Gasteiger partial charge in [0.25, 0.3) is 0 Å². The van der Waals surface area contributed by atoms with E-state index in [-0.39, 0.29) is 6.61 Å². The molecule has 92 valence electrons. The number of nitrogens with zero attached hydrogens (tertiary/aromatic N) is 3. The Morgan fingerprint density at radius 1 is 1.11 bits per heavy atom. The highest BCUT2D eigenvalue weighted by molar-refractivity contribution is 5.83. The summed E-state index contributed by atoms with van der Waals surface area (Å²) in [6, 6.07) is 8.11. The van der Waals surface area contributed by atoms with Crippen molar-refractivity contribution in [2.24, 2.45) is 0 Å². The van der Waals surface area contributed by atoms with Crippen molar-refractivity contribution in [2.45, 2.75) is 19.7 Å². The lowest BCUT2D eigenvalue weighted by Crippen LogP contribution is -2.05. The van der Waals surface area contributed by atoms with Gasteiger partial charge in [0.15, 0.2) is 0 Å². The molecule has 1 N–H and O–H groups in total. The van der Waals surface area contributed by atoms with Crippen LogP contribution in [0.15, 0.2) is 49.2 Å². The van der Waals surface area contributed by atoms with Crippen LogP contribution in [-0.2, 0) is 19.7 Å². The Morgan fingerprint density at radius 3 is 2.83 bits per heavy atom. The molecule has 2 aromatic heterocycles.